The first-order valence-electron chi connectivity index (χ1n) is 11.5. The van der Waals surface area contributed by atoms with Crippen LogP contribution in [0, 0.1) is 0 Å². The maximum Gasteiger partial charge on any atom is 0.269 e. The van der Waals surface area contributed by atoms with Crippen molar-refractivity contribution in [3.05, 3.63) is 59.0 Å². The molecule has 0 bridgehead atoms. The molecule has 2 aromatic carbocycles. The Hall–Kier alpha value is -3.24. The molecular formula is C24H29N5O4S. The quantitative estimate of drug-likeness (QED) is 0.528. The van der Waals surface area contributed by atoms with Gasteiger partial charge in [0.05, 0.1) is 33.5 Å². The molecule has 1 aliphatic rings. The number of nitrogens with zero attached hydrogens (tertiary/aromatic N) is 4. The predicted octanol–water partition coefficient (Wildman–Crippen LogP) is 2.67. The summed E-state index contributed by atoms with van der Waals surface area (Å²) >= 11 is 0. The molecule has 0 saturated carbocycles. The van der Waals surface area contributed by atoms with Crippen LogP contribution in [0.1, 0.15) is 26.7 Å². The fourth-order valence-electron chi connectivity index (χ4n) is 4.33. The molecule has 180 valence electrons. The number of para-hydroxylation sites is 2. The summed E-state index contributed by atoms with van der Waals surface area (Å²) < 4.78 is 28.9. The minimum atomic E-state index is -3.69. The average molecular weight is 484 g/mol. The Balaban J connectivity index is 1.69. The number of fused-ring (bicyclic) bond motifs is 1. The van der Waals surface area contributed by atoms with Crippen molar-refractivity contribution in [2.45, 2.75) is 38.1 Å². The number of nitrogens with one attached hydrogen (secondary N) is 1. The van der Waals surface area contributed by atoms with Crippen molar-refractivity contribution in [1.29, 1.82) is 0 Å². The molecule has 4 rings (SSSR count). The van der Waals surface area contributed by atoms with E-state index in [0.717, 1.165) is 31.6 Å². The third-order valence-electron chi connectivity index (χ3n) is 6.09. The van der Waals surface area contributed by atoms with Gasteiger partial charge in [0.25, 0.3) is 5.56 Å². The van der Waals surface area contributed by atoms with Crippen molar-refractivity contribution in [3.63, 3.8) is 0 Å². The molecule has 1 amide bonds. The molecule has 1 aromatic heterocycles. The molecule has 0 atom stereocenters. The molecule has 3 aromatic rings. The van der Waals surface area contributed by atoms with E-state index >= 15 is 0 Å². The summed E-state index contributed by atoms with van der Waals surface area (Å²) in [4.78, 5) is 31.9. The Bertz CT molecular complexity index is 1360. The average Bonchev–Trinajstić information content (AvgIpc) is 3.36. The second-order valence-corrected chi connectivity index (χ2v) is 10.1. The number of carbonyl (C=O) groups excluding carboxylic acids is 1. The highest BCUT2D eigenvalue weighted by atomic mass is 32.2. The Morgan fingerprint density at radius 2 is 1.79 bits per heavy atom. The lowest BCUT2D eigenvalue weighted by Gasteiger charge is -2.24. The van der Waals surface area contributed by atoms with Gasteiger partial charge in [0.2, 0.25) is 15.9 Å². The number of amides is 1. The zero-order chi connectivity index (χ0) is 24.3. The molecule has 0 aliphatic carbocycles. The number of hydrogen-bond donors (Lipinski definition) is 1. The Morgan fingerprint density at radius 1 is 1.09 bits per heavy atom. The molecule has 2 heterocycles. The zero-order valence-electron chi connectivity index (χ0n) is 19.4. The summed E-state index contributed by atoms with van der Waals surface area (Å²) in [5.74, 6) is -0.420. The van der Waals surface area contributed by atoms with Crippen LogP contribution in [0.3, 0.4) is 0 Å². The summed E-state index contributed by atoms with van der Waals surface area (Å²) in [6.07, 6.45) is 3.26. The summed E-state index contributed by atoms with van der Waals surface area (Å²) in [6, 6.07) is 12.0. The number of benzene rings is 2. The second kappa shape index (κ2) is 9.94. The van der Waals surface area contributed by atoms with Crippen LogP contribution < -0.4 is 15.8 Å². The van der Waals surface area contributed by atoms with Gasteiger partial charge < -0.3 is 10.2 Å². The fraction of sp³-hybridized carbons (Fsp3) is 0.375. The number of hydrogen-bond acceptors (Lipinski definition) is 6. The van der Waals surface area contributed by atoms with Crippen LogP contribution in [-0.4, -0.2) is 54.4 Å². The first-order valence-corrected chi connectivity index (χ1v) is 12.9. The minimum Gasteiger partial charge on any atom is -0.370 e. The minimum absolute atomic E-state index is 0.126. The van der Waals surface area contributed by atoms with Gasteiger partial charge in [-0.25, -0.2) is 13.4 Å². The highest BCUT2D eigenvalue weighted by Crippen LogP contribution is 2.32. The summed E-state index contributed by atoms with van der Waals surface area (Å²) in [5, 5.41) is 2.87. The van der Waals surface area contributed by atoms with Crippen molar-refractivity contribution in [2.75, 3.05) is 36.4 Å². The largest absolute Gasteiger partial charge is 0.370 e. The smallest absolute Gasteiger partial charge is 0.269 e. The molecule has 10 heteroatoms. The molecular weight excluding hydrogens is 454 g/mol. The van der Waals surface area contributed by atoms with E-state index in [1.807, 2.05) is 6.07 Å². The van der Waals surface area contributed by atoms with Crippen LogP contribution in [0.15, 0.2) is 58.4 Å². The lowest BCUT2D eigenvalue weighted by molar-refractivity contribution is -0.116. The van der Waals surface area contributed by atoms with Gasteiger partial charge in [-0.05, 0) is 43.2 Å². The van der Waals surface area contributed by atoms with E-state index in [4.69, 9.17) is 0 Å². The van der Waals surface area contributed by atoms with E-state index in [1.165, 1.54) is 21.1 Å². The fourth-order valence-corrected chi connectivity index (χ4v) is 5.82. The van der Waals surface area contributed by atoms with E-state index < -0.39 is 15.9 Å². The maximum atomic E-state index is 13.1. The van der Waals surface area contributed by atoms with Gasteiger partial charge >= 0.3 is 0 Å². The van der Waals surface area contributed by atoms with Crippen molar-refractivity contribution < 1.29 is 13.2 Å². The van der Waals surface area contributed by atoms with E-state index in [2.05, 4.69) is 15.2 Å². The molecule has 1 fully saturated rings. The number of sulfonamides is 1. The van der Waals surface area contributed by atoms with E-state index in [-0.39, 0.29) is 17.0 Å². The highest BCUT2D eigenvalue weighted by molar-refractivity contribution is 7.89. The van der Waals surface area contributed by atoms with Gasteiger partial charge in [-0.3, -0.25) is 14.2 Å². The summed E-state index contributed by atoms with van der Waals surface area (Å²) in [5.41, 5.74) is 1.98. The first kappa shape index (κ1) is 23.9. The van der Waals surface area contributed by atoms with Gasteiger partial charge in [0.1, 0.15) is 6.54 Å². The molecule has 1 aliphatic heterocycles. The predicted molar refractivity (Wildman–Crippen MR) is 133 cm³/mol. The SMILES string of the molecule is CCN(CC)S(=O)(=O)c1ccc(N2CCCC2)c(NC(=O)Cn2c(=O)cnc3ccccc32)c1. The van der Waals surface area contributed by atoms with Crippen molar-refractivity contribution in [2.24, 2.45) is 0 Å². The summed E-state index contributed by atoms with van der Waals surface area (Å²) in [7, 11) is -3.69. The van der Waals surface area contributed by atoms with Crippen LogP contribution in [0.2, 0.25) is 0 Å². The van der Waals surface area contributed by atoms with Gasteiger partial charge in [-0.1, -0.05) is 26.0 Å². The van der Waals surface area contributed by atoms with E-state index in [0.29, 0.717) is 29.8 Å². The van der Waals surface area contributed by atoms with Crippen LogP contribution in [0.25, 0.3) is 11.0 Å². The topological polar surface area (TPSA) is 105 Å². The monoisotopic (exact) mass is 483 g/mol. The van der Waals surface area contributed by atoms with Gasteiger partial charge in [-0.2, -0.15) is 4.31 Å². The van der Waals surface area contributed by atoms with Crippen LogP contribution in [0.4, 0.5) is 11.4 Å². The molecule has 0 unspecified atom stereocenters. The number of aromatic nitrogens is 2. The van der Waals surface area contributed by atoms with Gasteiger partial charge in [0, 0.05) is 26.2 Å². The molecule has 1 saturated heterocycles. The number of rotatable bonds is 8. The van der Waals surface area contributed by atoms with E-state index in [9.17, 15) is 18.0 Å². The van der Waals surface area contributed by atoms with Crippen molar-refractivity contribution in [3.8, 4) is 0 Å². The summed E-state index contributed by atoms with van der Waals surface area (Å²) in [6.45, 7) is 5.74. The number of carbonyl (C=O) groups is 1. The van der Waals surface area contributed by atoms with E-state index in [1.54, 1.807) is 44.2 Å². The van der Waals surface area contributed by atoms with Crippen LogP contribution >= 0.6 is 0 Å². The Kier molecular flexibility index (Phi) is 6.99. The molecule has 1 N–H and O–H groups in total. The lowest BCUT2D eigenvalue weighted by Crippen LogP contribution is -2.31. The Labute approximate surface area is 199 Å². The maximum absolute atomic E-state index is 13.1. The molecule has 0 radical (unpaired) electrons. The molecule has 9 nitrogen and oxygen atoms in total. The third-order valence-corrected chi connectivity index (χ3v) is 8.13. The lowest BCUT2D eigenvalue weighted by atomic mass is 10.2. The zero-order valence-corrected chi connectivity index (χ0v) is 20.2. The second-order valence-electron chi connectivity index (χ2n) is 8.18. The normalized spacial score (nSPS) is 14.1. The Morgan fingerprint density at radius 3 is 2.50 bits per heavy atom. The molecule has 34 heavy (non-hydrogen) atoms. The first-order chi connectivity index (χ1) is 16.3. The van der Waals surface area contributed by atoms with Crippen molar-refractivity contribution in [1.82, 2.24) is 13.9 Å². The van der Waals surface area contributed by atoms with Crippen LogP contribution in [0.5, 0.6) is 0 Å². The highest BCUT2D eigenvalue weighted by Gasteiger charge is 2.25. The van der Waals surface area contributed by atoms with Gasteiger partial charge in [-0.15, -0.1) is 0 Å². The number of anilines is 2. The standard InChI is InChI=1S/C24H29N5O4S/c1-3-28(4-2)34(32,33)18-11-12-21(27-13-7-8-14-27)20(15-18)26-23(30)17-29-22-10-6-5-9-19(22)25-16-24(29)31/h5-6,9-12,15-16H,3-4,7-8,13-14,17H2,1-2H3,(H,26,30). The third kappa shape index (κ3) is 4.69. The van der Waals surface area contributed by atoms with Crippen molar-refractivity contribution >= 4 is 38.3 Å². The van der Waals surface area contributed by atoms with Gasteiger partial charge in [0.15, 0.2) is 0 Å². The molecule has 0 spiro atoms. The van der Waals surface area contributed by atoms with Crippen LogP contribution in [-0.2, 0) is 21.4 Å².